The fourth-order valence-electron chi connectivity index (χ4n) is 18.8. The van der Waals surface area contributed by atoms with Gasteiger partial charge in [-0.1, -0.05) is 225 Å². The van der Waals surface area contributed by atoms with Gasteiger partial charge in [0.1, 0.15) is 44.7 Å². The van der Waals surface area contributed by atoms with Crippen molar-refractivity contribution in [2.45, 2.75) is 77.0 Å². The molecule has 8 heterocycles. The molecule has 0 saturated carbocycles. The van der Waals surface area contributed by atoms with Gasteiger partial charge in [-0.25, -0.2) is 0 Å². The first-order chi connectivity index (χ1) is 49.6. The Hall–Kier alpha value is -12.1. The third-order valence-corrected chi connectivity index (χ3v) is 24.2. The predicted octanol–water partition coefficient (Wildman–Crippen LogP) is 27.1. The standard InChI is InChI=1S/C96H68N2O4/c1-93(2)71-45-53(59-25-17-29-67-63-21-9-13-33-83(63)99-89(59)67)37-41-79(71)97-80-42-38-54(60-26-18-30-68-64-22-10-14-34-84(64)100-90(60)68)46-72(80)94(3,4)76-50-57(49-75(93)87(76)97)58-51-77-88-78(52-58)96(7,8)74-48-56(62-28-20-32-70-66-24-12-16-36-86(66)102-92(62)70)40-44-82(74)98(88)81-43-39-55(47-73(81)95(77,5)6)61-27-19-31-69-65-23-11-15-35-85(65)101-91(61)69/h9-52H,1-8H3. The summed E-state index contributed by atoms with van der Waals surface area (Å²) in [7, 11) is 0. The fourth-order valence-corrected chi connectivity index (χ4v) is 18.8. The zero-order valence-electron chi connectivity index (χ0n) is 57.9. The largest absolute Gasteiger partial charge is 0.455 e. The molecule has 0 N–H and O–H groups in total. The lowest BCUT2D eigenvalue weighted by Gasteiger charge is -2.50. The Morgan fingerprint density at radius 2 is 0.422 bits per heavy atom. The second kappa shape index (κ2) is 19.9. The summed E-state index contributed by atoms with van der Waals surface area (Å²) in [5, 5.41) is 8.96. The van der Waals surface area contributed by atoms with E-state index in [1.165, 1.54) is 89.8 Å². The van der Waals surface area contributed by atoms with E-state index in [0.717, 1.165) is 132 Å². The summed E-state index contributed by atoms with van der Waals surface area (Å²) in [6.45, 7) is 19.6. The van der Waals surface area contributed by atoms with Crippen LogP contribution in [0.15, 0.2) is 285 Å². The average Bonchev–Trinajstić information content (AvgIpc) is 1.02. The van der Waals surface area contributed by atoms with Crippen molar-refractivity contribution in [1.29, 1.82) is 0 Å². The molecule has 0 bridgehead atoms. The summed E-state index contributed by atoms with van der Waals surface area (Å²) in [5.74, 6) is 0. The van der Waals surface area contributed by atoms with Gasteiger partial charge in [-0.05, 0) is 175 Å². The second-order valence-electron chi connectivity index (χ2n) is 31.1. The Balaban J connectivity index is 0.781. The molecule has 4 aliphatic heterocycles. The summed E-state index contributed by atoms with van der Waals surface area (Å²) >= 11 is 0. The minimum Gasteiger partial charge on any atom is -0.455 e. The second-order valence-corrected chi connectivity index (χ2v) is 31.1. The maximum absolute atomic E-state index is 6.80. The van der Waals surface area contributed by atoms with Crippen LogP contribution >= 0.6 is 0 Å². The molecule has 4 aromatic heterocycles. The highest BCUT2D eigenvalue weighted by molar-refractivity contribution is 6.14. The van der Waals surface area contributed by atoms with Crippen LogP contribution in [0, 0.1) is 0 Å². The zero-order valence-corrected chi connectivity index (χ0v) is 57.9. The molecule has 0 aliphatic carbocycles. The number of nitrogens with zero attached hydrogens (tertiary/aromatic N) is 2. The smallest absolute Gasteiger partial charge is 0.143 e. The molecule has 6 heteroatoms. The van der Waals surface area contributed by atoms with Crippen LogP contribution in [0.25, 0.3) is 143 Å². The van der Waals surface area contributed by atoms with E-state index in [0.29, 0.717) is 0 Å². The Labute approximate surface area is 589 Å². The van der Waals surface area contributed by atoms with E-state index >= 15 is 0 Å². The number of rotatable bonds is 5. The number of fused-ring (bicyclic) bond motifs is 20. The summed E-state index contributed by atoms with van der Waals surface area (Å²) in [4.78, 5) is 5.21. The Morgan fingerprint density at radius 1 is 0.206 bits per heavy atom. The summed E-state index contributed by atoms with van der Waals surface area (Å²) in [6, 6.07) is 98.9. The highest BCUT2D eigenvalue weighted by Gasteiger charge is 2.49. The molecule has 18 aromatic rings. The summed E-state index contributed by atoms with van der Waals surface area (Å²) < 4.78 is 27.2. The van der Waals surface area contributed by atoms with E-state index in [1.807, 2.05) is 0 Å². The number of hydrogen-bond acceptors (Lipinski definition) is 6. The van der Waals surface area contributed by atoms with E-state index in [-0.39, 0.29) is 0 Å². The maximum atomic E-state index is 6.80. The molecule has 0 fully saturated rings. The molecule has 0 atom stereocenters. The summed E-state index contributed by atoms with van der Waals surface area (Å²) in [5.41, 5.74) is 33.8. The van der Waals surface area contributed by atoms with Crippen molar-refractivity contribution in [3.8, 4) is 55.6 Å². The normalized spacial score (nSPS) is 15.5. The van der Waals surface area contributed by atoms with Crippen LogP contribution in [0.2, 0.25) is 0 Å². The van der Waals surface area contributed by atoms with Gasteiger partial charge in [-0.2, -0.15) is 0 Å². The SMILES string of the molecule is CC1(C)c2cc(-c3cccc4c3oc3ccccc34)ccc2N2c3ccc(-c4cccc5c4oc4ccccc45)cc3C(C)(C)c3cc(-c4cc5c6c(c4)C(C)(C)c4cc(-c7cccc8c7oc7ccccc78)ccc4N6c4ccc(-c6cccc7c6oc6ccccc67)cc4C5(C)C)cc1c32. The molecule has 0 amide bonds. The highest BCUT2D eigenvalue weighted by Crippen LogP contribution is 2.65. The Kier molecular flexibility index (Phi) is 11.2. The monoisotopic (exact) mass is 1310 g/mol. The lowest BCUT2D eigenvalue weighted by atomic mass is 9.64. The van der Waals surface area contributed by atoms with Gasteiger partial charge in [0.2, 0.25) is 0 Å². The maximum Gasteiger partial charge on any atom is 0.143 e. The van der Waals surface area contributed by atoms with E-state index in [1.54, 1.807) is 0 Å². The van der Waals surface area contributed by atoms with Crippen LogP contribution in [-0.2, 0) is 21.7 Å². The molecule has 6 nitrogen and oxygen atoms in total. The lowest BCUT2D eigenvalue weighted by Crippen LogP contribution is -2.38. The van der Waals surface area contributed by atoms with Crippen LogP contribution in [0.4, 0.5) is 34.1 Å². The van der Waals surface area contributed by atoms with Crippen LogP contribution in [0.5, 0.6) is 0 Å². The third-order valence-electron chi connectivity index (χ3n) is 24.2. The molecule has 4 aliphatic rings. The Bertz CT molecular complexity index is 5990. The topological polar surface area (TPSA) is 59.0 Å². The number of hydrogen-bond donors (Lipinski definition) is 0. The molecule has 22 rings (SSSR count). The first-order valence-electron chi connectivity index (χ1n) is 35.8. The van der Waals surface area contributed by atoms with Crippen molar-refractivity contribution in [1.82, 2.24) is 0 Å². The van der Waals surface area contributed by atoms with Crippen molar-refractivity contribution in [3.63, 3.8) is 0 Å². The van der Waals surface area contributed by atoms with E-state index < -0.39 is 21.7 Å². The van der Waals surface area contributed by atoms with Crippen molar-refractivity contribution in [3.05, 3.63) is 311 Å². The fraction of sp³-hybridized carbons (Fsp3) is 0.125. The third kappa shape index (κ3) is 7.58. The van der Waals surface area contributed by atoms with Gasteiger partial charge in [0, 0.05) is 87.0 Å². The number of benzene rings is 14. The molecule has 486 valence electrons. The first-order valence-corrected chi connectivity index (χ1v) is 35.8. The van der Waals surface area contributed by atoms with Crippen LogP contribution in [-0.4, -0.2) is 0 Å². The van der Waals surface area contributed by atoms with Gasteiger partial charge in [-0.15, -0.1) is 0 Å². The van der Waals surface area contributed by atoms with Gasteiger partial charge in [0.15, 0.2) is 0 Å². The predicted molar refractivity (Wildman–Crippen MR) is 421 cm³/mol. The average molecular weight is 1310 g/mol. The van der Waals surface area contributed by atoms with Gasteiger partial charge in [0.25, 0.3) is 0 Å². The molecular formula is C96H68N2O4. The Morgan fingerprint density at radius 3 is 0.667 bits per heavy atom. The van der Waals surface area contributed by atoms with E-state index in [9.17, 15) is 0 Å². The van der Waals surface area contributed by atoms with Gasteiger partial charge in [-0.3, -0.25) is 0 Å². The van der Waals surface area contributed by atoms with Crippen LogP contribution < -0.4 is 9.80 Å². The van der Waals surface area contributed by atoms with Crippen LogP contribution in [0.3, 0.4) is 0 Å². The van der Waals surface area contributed by atoms with Gasteiger partial charge >= 0.3 is 0 Å². The van der Waals surface area contributed by atoms with Crippen molar-refractivity contribution in [2.75, 3.05) is 9.80 Å². The quantitative estimate of drug-likeness (QED) is 0.171. The minimum atomic E-state index is -0.484. The molecule has 0 saturated heterocycles. The number of furan rings is 4. The molecule has 102 heavy (non-hydrogen) atoms. The number of para-hydroxylation sites is 8. The summed E-state index contributed by atoms with van der Waals surface area (Å²) in [6.07, 6.45) is 0. The van der Waals surface area contributed by atoms with E-state index in [4.69, 9.17) is 17.7 Å². The lowest BCUT2D eigenvalue weighted by molar-refractivity contribution is 0.596. The molecule has 0 spiro atoms. The van der Waals surface area contributed by atoms with Crippen LogP contribution in [0.1, 0.15) is 99.9 Å². The van der Waals surface area contributed by atoms with Crippen molar-refractivity contribution >= 4 is 122 Å². The molecule has 14 aromatic carbocycles. The van der Waals surface area contributed by atoms with Crippen molar-refractivity contribution in [2.24, 2.45) is 0 Å². The van der Waals surface area contributed by atoms with E-state index in [2.05, 4.69) is 332 Å². The molecule has 0 radical (unpaired) electrons. The highest BCUT2D eigenvalue weighted by atomic mass is 16.3. The van der Waals surface area contributed by atoms with Gasteiger partial charge < -0.3 is 27.5 Å². The molecule has 0 unspecified atom stereocenters. The van der Waals surface area contributed by atoms with Gasteiger partial charge in [0.05, 0.1) is 34.1 Å². The van der Waals surface area contributed by atoms with Crippen molar-refractivity contribution < 1.29 is 17.7 Å². The number of anilines is 6. The minimum absolute atomic E-state index is 0.484. The first kappa shape index (κ1) is 57.8. The molecular weight excluding hydrogens is 1250 g/mol. The zero-order chi connectivity index (χ0) is 68.2.